The van der Waals surface area contributed by atoms with Crippen molar-refractivity contribution in [3.05, 3.63) is 24.3 Å². The Kier molecular flexibility index (Phi) is 60.9. The Bertz CT molecular complexity index is 1850. The molecule has 0 bridgehead atoms. The molecule has 0 aliphatic rings. The van der Waals surface area contributed by atoms with Crippen molar-refractivity contribution < 1.29 is 80.2 Å². The number of unbranched alkanes of at least 4 members (excludes halogenated alkanes) is 34. The van der Waals surface area contributed by atoms with Crippen molar-refractivity contribution in [2.75, 3.05) is 39.6 Å². The second kappa shape index (κ2) is 62.6. The number of hydrogen-bond donors (Lipinski definition) is 3. The highest BCUT2D eigenvalue weighted by atomic mass is 31.2. The smallest absolute Gasteiger partial charge is 0.462 e. The number of phosphoric ester groups is 2. The molecule has 0 aliphatic carbocycles. The Labute approximate surface area is 548 Å². The third kappa shape index (κ3) is 63.0. The lowest BCUT2D eigenvalue weighted by Crippen LogP contribution is -2.30. The molecule has 0 radical (unpaired) electrons. The first kappa shape index (κ1) is 87.5. The van der Waals surface area contributed by atoms with Gasteiger partial charge in [0.25, 0.3) is 0 Å². The minimum atomic E-state index is -4.96. The van der Waals surface area contributed by atoms with E-state index in [1.807, 2.05) is 0 Å². The van der Waals surface area contributed by atoms with Crippen LogP contribution in [-0.4, -0.2) is 96.7 Å². The van der Waals surface area contributed by atoms with E-state index < -0.39 is 97.5 Å². The van der Waals surface area contributed by atoms with Gasteiger partial charge in [0.05, 0.1) is 26.4 Å². The minimum Gasteiger partial charge on any atom is -0.462 e. The van der Waals surface area contributed by atoms with Crippen LogP contribution < -0.4 is 0 Å². The fraction of sp³-hybridized carbons (Fsp3) is 0.887. The summed E-state index contributed by atoms with van der Waals surface area (Å²) in [6.07, 6.45) is 51.0. The van der Waals surface area contributed by atoms with Crippen LogP contribution in [0, 0.1) is 11.8 Å². The van der Waals surface area contributed by atoms with Gasteiger partial charge in [0.1, 0.15) is 19.3 Å². The standard InChI is InChI=1S/C71H134O17P2/c1-7-10-12-14-16-18-20-22-24-26-28-30-32-34-43-49-55-70(75)87-66(59-81-68(73)53-47-41-33-31-29-27-25-23-21-19-17-15-13-11-8-2)61-85-89(77,78)83-57-65(72)58-84-90(79,80)86-62-67(60-82-69(74)54-48-42-37-35-39-45-51-63(4)5)88-71(76)56-50-44-38-36-40-46-52-64(6)9-3/h19,21,23,25,63-67,72H,7-18,20,22,24,26-62H2,1-6H3,(H,77,78)(H,79,80)/b21-19-,25-23-/t64?,65-,66-,67-/m1/s1. The summed E-state index contributed by atoms with van der Waals surface area (Å²) in [5.41, 5.74) is 0. The molecule has 3 N–H and O–H groups in total. The lowest BCUT2D eigenvalue weighted by molar-refractivity contribution is -0.161. The van der Waals surface area contributed by atoms with Gasteiger partial charge in [-0.2, -0.15) is 0 Å². The van der Waals surface area contributed by atoms with Crippen LogP contribution in [0.25, 0.3) is 0 Å². The van der Waals surface area contributed by atoms with E-state index in [1.54, 1.807) is 0 Å². The summed E-state index contributed by atoms with van der Waals surface area (Å²) in [5.74, 6) is -0.762. The predicted octanol–water partition coefficient (Wildman–Crippen LogP) is 19.9. The van der Waals surface area contributed by atoms with Crippen LogP contribution in [0.15, 0.2) is 24.3 Å². The van der Waals surface area contributed by atoms with E-state index in [-0.39, 0.29) is 25.7 Å². The molecule has 0 aromatic carbocycles. The molecule has 17 nitrogen and oxygen atoms in total. The summed E-state index contributed by atoms with van der Waals surface area (Å²) in [7, 11) is -9.91. The maximum atomic E-state index is 13.0. The Morgan fingerprint density at radius 1 is 0.367 bits per heavy atom. The summed E-state index contributed by atoms with van der Waals surface area (Å²) < 4.78 is 68.2. The third-order valence-electron chi connectivity index (χ3n) is 16.2. The molecule has 90 heavy (non-hydrogen) atoms. The zero-order chi connectivity index (χ0) is 66.5. The van der Waals surface area contributed by atoms with Gasteiger partial charge >= 0.3 is 39.5 Å². The number of carbonyl (C=O) groups is 4. The lowest BCUT2D eigenvalue weighted by atomic mass is 10.00. The molecular formula is C71H134O17P2. The molecule has 0 spiro atoms. The van der Waals surface area contributed by atoms with Crippen molar-refractivity contribution in [2.24, 2.45) is 11.8 Å². The van der Waals surface area contributed by atoms with Gasteiger partial charge in [-0.1, -0.05) is 284 Å². The first-order valence-corrected chi connectivity index (χ1v) is 39.3. The van der Waals surface area contributed by atoms with Crippen molar-refractivity contribution in [3.63, 3.8) is 0 Å². The molecule has 0 rings (SSSR count). The second-order valence-electron chi connectivity index (χ2n) is 25.7. The summed E-state index contributed by atoms with van der Waals surface area (Å²) in [4.78, 5) is 72.5. The Morgan fingerprint density at radius 3 is 1.00 bits per heavy atom. The Hall–Kier alpha value is -2.46. The van der Waals surface area contributed by atoms with E-state index >= 15 is 0 Å². The van der Waals surface area contributed by atoms with Crippen LogP contribution in [0.2, 0.25) is 0 Å². The lowest BCUT2D eigenvalue weighted by Gasteiger charge is -2.21. The number of aliphatic hydroxyl groups excluding tert-OH is 1. The van der Waals surface area contributed by atoms with Gasteiger partial charge in [0.15, 0.2) is 12.2 Å². The summed E-state index contributed by atoms with van der Waals surface area (Å²) in [6.45, 7) is 9.35. The maximum absolute atomic E-state index is 13.0. The molecule has 6 atom stereocenters. The van der Waals surface area contributed by atoms with Crippen LogP contribution in [0.4, 0.5) is 0 Å². The molecule has 0 fully saturated rings. The van der Waals surface area contributed by atoms with Crippen LogP contribution in [0.1, 0.15) is 337 Å². The highest BCUT2D eigenvalue weighted by Gasteiger charge is 2.30. The van der Waals surface area contributed by atoms with Crippen LogP contribution in [0.5, 0.6) is 0 Å². The Balaban J connectivity index is 5.27. The van der Waals surface area contributed by atoms with Crippen LogP contribution in [-0.2, 0) is 65.4 Å². The predicted molar refractivity (Wildman–Crippen MR) is 363 cm³/mol. The monoisotopic (exact) mass is 1320 g/mol. The molecule has 19 heteroatoms. The number of allylic oxidation sites excluding steroid dienone is 4. The van der Waals surface area contributed by atoms with E-state index in [0.717, 1.165) is 121 Å². The number of aliphatic hydroxyl groups is 1. The molecule has 0 saturated heterocycles. The summed E-state index contributed by atoms with van der Waals surface area (Å²) in [6, 6.07) is 0. The number of carbonyl (C=O) groups excluding carboxylic acids is 4. The summed E-state index contributed by atoms with van der Waals surface area (Å²) in [5, 5.41) is 10.6. The minimum absolute atomic E-state index is 0.0996. The number of phosphoric acid groups is 2. The summed E-state index contributed by atoms with van der Waals surface area (Å²) >= 11 is 0. The van der Waals surface area contributed by atoms with Crippen LogP contribution >= 0.6 is 15.6 Å². The molecule has 0 amide bonds. The molecule has 0 aliphatic heterocycles. The fourth-order valence-corrected chi connectivity index (χ4v) is 11.8. The van der Waals surface area contributed by atoms with Crippen molar-refractivity contribution in [3.8, 4) is 0 Å². The zero-order valence-corrected chi connectivity index (χ0v) is 59.7. The van der Waals surface area contributed by atoms with Gasteiger partial charge in [-0.15, -0.1) is 0 Å². The molecule has 530 valence electrons. The molecule has 0 heterocycles. The average Bonchev–Trinajstić information content (AvgIpc) is 3.60. The van der Waals surface area contributed by atoms with Gasteiger partial charge < -0.3 is 33.8 Å². The quantitative estimate of drug-likeness (QED) is 0.0169. The van der Waals surface area contributed by atoms with Crippen molar-refractivity contribution in [1.82, 2.24) is 0 Å². The van der Waals surface area contributed by atoms with Gasteiger partial charge in [0, 0.05) is 25.7 Å². The number of ether oxygens (including phenoxy) is 4. The first-order chi connectivity index (χ1) is 43.4. The van der Waals surface area contributed by atoms with Gasteiger partial charge in [-0.3, -0.25) is 37.3 Å². The fourth-order valence-electron chi connectivity index (χ4n) is 10.2. The first-order valence-electron chi connectivity index (χ1n) is 36.3. The van der Waals surface area contributed by atoms with Gasteiger partial charge in [-0.25, -0.2) is 9.13 Å². The van der Waals surface area contributed by atoms with Gasteiger partial charge in [0.2, 0.25) is 0 Å². The second-order valence-corrected chi connectivity index (χ2v) is 28.6. The molecule has 0 saturated carbocycles. The largest absolute Gasteiger partial charge is 0.472 e. The number of esters is 4. The molecule has 3 unspecified atom stereocenters. The van der Waals surface area contributed by atoms with Crippen molar-refractivity contribution >= 4 is 39.5 Å². The molecular weight excluding hydrogens is 1190 g/mol. The topological polar surface area (TPSA) is 237 Å². The van der Waals surface area contributed by atoms with Crippen molar-refractivity contribution in [2.45, 2.75) is 355 Å². The van der Waals surface area contributed by atoms with E-state index in [9.17, 15) is 43.2 Å². The highest BCUT2D eigenvalue weighted by molar-refractivity contribution is 7.47. The maximum Gasteiger partial charge on any atom is 0.472 e. The zero-order valence-electron chi connectivity index (χ0n) is 57.9. The molecule has 0 aromatic heterocycles. The third-order valence-corrected chi connectivity index (χ3v) is 18.1. The highest BCUT2D eigenvalue weighted by Crippen LogP contribution is 2.45. The average molecular weight is 1320 g/mol. The van der Waals surface area contributed by atoms with E-state index in [1.165, 1.54) is 128 Å². The van der Waals surface area contributed by atoms with Crippen molar-refractivity contribution in [1.29, 1.82) is 0 Å². The van der Waals surface area contributed by atoms with E-state index in [0.29, 0.717) is 31.6 Å². The number of hydrogen-bond acceptors (Lipinski definition) is 15. The molecule has 0 aromatic rings. The SMILES string of the molecule is CCCCCC/C=C\C=C/CCCCCCCC(=O)OC[C@H](COP(=O)(O)OC[C@@H](O)COP(=O)(O)OC[C@@H](COC(=O)CCCCCCCCC(C)C)OC(=O)CCCCCCCCC(C)CC)OC(=O)CCCCCCCCCCCCCCCCCC. The Morgan fingerprint density at radius 2 is 0.656 bits per heavy atom. The van der Waals surface area contributed by atoms with Gasteiger partial charge in [-0.05, 0) is 63.2 Å². The van der Waals surface area contributed by atoms with E-state index in [4.69, 9.17) is 37.0 Å². The van der Waals surface area contributed by atoms with Crippen LogP contribution in [0.3, 0.4) is 0 Å². The normalized spacial score (nSPS) is 14.6. The van der Waals surface area contributed by atoms with E-state index in [2.05, 4.69) is 65.8 Å². The number of rotatable bonds is 68.